The van der Waals surface area contributed by atoms with E-state index in [0.29, 0.717) is 28.5 Å². The molecular formula is C27H24N6O3. The number of carbonyl (C=O) groups excluding carboxylic acids is 3. The quantitative estimate of drug-likeness (QED) is 0.326. The van der Waals surface area contributed by atoms with Crippen LogP contribution in [0, 0.1) is 6.92 Å². The normalized spacial score (nSPS) is 10.4. The lowest BCUT2D eigenvalue weighted by Crippen LogP contribution is -2.20. The molecule has 0 saturated carbocycles. The fourth-order valence-corrected chi connectivity index (χ4v) is 3.58. The van der Waals surface area contributed by atoms with Gasteiger partial charge in [-0.25, -0.2) is 14.8 Å². The molecule has 36 heavy (non-hydrogen) atoms. The first-order valence-electron chi connectivity index (χ1n) is 11.1. The Balaban J connectivity index is 1.63. The maximum atomic E-state index is 12.8. The van der Waals surface area contributed by atoms with Crippen LogP contribution in [0.25, 0.3) is 0 Å². The molecule has 4 aromatic rings. The molecule has 2 heterocycles. The van der Waals surface area contributed by atoms with Crippen molar-refractivity contribution in [3.05, 3.63) is 96.1 Å². The minimum Gasteiger partial charge on any atom is -0.308 e. The fourth-order valence-electron chi connectivity index (χ4n) is 3.58. The van der Waals surface area contributed by atoms with Crippen LogP contribution in [0.3, 0.4) is 0 Å². The predicted octanol–water partition coefficient (Wildman–Crippen LogP) is 5.70. The molecule has 0 atom stereocenters. The number of hydrogen-bond acceptors (Lipinski definition) is 7. The zero-order valence-corrected chi connectivity index (χ0v) is 20.0. The first kappa shape index (κ1) is 24.2. The average Bonchev–Trinajstić information content (AvgIpc) is 2.87. The third kappa shape index (κ3) is 5.58. The second kappa shape index (κ2) is 10.6. The number of ketones is 2. The highest BCUT2D eigenvalue weighted by Gasteiger charge is 2.18. The highest BCUT2D eigenvalue weighted by Crippen LogP contribution is 2.35. The topological polar surface area (TPSA) is 117 Å². The van der Waals surface area contributed by atoms with Crippen molar-refractivity contribution in [2.45, 2.75) is 20.8 Å². The zero-order chi connectivity index (χ0) is 25.7. The maximum Gasteiger partial charge on any atom is 0.323 e. The molecule has 0 aliphatic carbocycles. The van der Waals surface area contributed by atoms with Gasteiger partial charge in [0, 0.05) is 41.1 Å². The number of amides is 2. The zero-order valence-electron chi connectivity index (χ0n) is 20.0. The summed E-state index contributed by atoms with van der Waals surface area (Å²) in [5, 5.41) is 5.52. The predicted molar refractivity (Wildman–Crippen MR) is 138 cm³/mol. The minimum atomic E-state index is -0.524. The monoisotopic (exact) mass is 480 g/mol. The molecule has 0 fully saturated rings. The summed E-state index contributed by atoms with van der Waals surface area (Å²) in [6, 6.07) is 15.0. The Morgan fingerprint density at radius 1 is 0.778 bits per heavy atom. The lowest BCUT2D eigenvalue weighted by atomic mass is 10.0. The summed E-state index contributed by atoms with van der Waals surface area (Å²) in [6.07, 6.45) is 6.70. The van der Waals surface area contributed by atoms with Gasteiger partial charge in [0.05, 0.1) is 17.6 Å². The smallest absolute Gasteiger partial charge is 0.308 e. The van der Waals surface area contributed by atoms with Crippen molar-refractivity contribution in [1.82, 2.24) is 15.0 Å². The Labute approximate surface area is 208 Å². The van der Waals surface area contributed by atoms with E-state index in [1.165, 1.54) is 32.0 Å². The summed E-state index contributed by atoms with van der Waals surface area (Å²) in [7, 11) is 0. The van der Waals surface area contributed by atoms with Crippen molar-refractivity contribution in [2.75, 3.05) is 15.5 Å². The van der Waals surface area contributed by atoms with Crippen LogP contribution in [0.1, 0.15) is 40.1 Å². The van der Waals surface area contributed by atoms with Gasteiger partial charge in [-0.3, -0.25) is 19.5 Å². The van der Waals surface area contributed by atoms with Crippen LogP contribution >= 0.6 is 0 Å². The summed E-state index contributed by atoms with van der Waals surface area (Å²) in [4.78, 5) is 51.4. The highest BCUT2D eigenvalue weighted by atomic mass is 16.2. The lowest BCUT2D eigenvalue weighted by Gasteiger charge is -2.24. The SMILES string of the molecule is CC(=O)c1cc(NC(=O)Nc2ccc(C)c(N(c3cccnc3)c3ncccn3)c2)cc(C(C)=O)c1. The molecule has 2 amide bonds. The molecule has 0 radical (unpaired) electrons. The van der Waals surface area contributed by atoms with Crippen molar-refractivity contribution >= 4 is 46.3 Å². The second-order valence-corrected chi connectivity index (χ2v) is 8.09. The van der Waals surface area contributed by atoms with Gasteiger partial charge in [0.2, 0.25) is 5.95 Å². The molecule has 9 nitrogen and oxygen atoms in total. The van der Waals surface area contributed by atoms with Crippen LogP contribution in [-0.2, 0) is 0 Å². The van der Waals surface area contributed by atoms with Gasteiger partial charge in [-0.05, 0) is 74.9 Å². The minimum absolute atomic E-state index is 0.205. The van der Waals surface area contributed by atoms with E-state index >= 15 is 0 Å². The van der Waals surface area contributed by atoms with E-state index in [0.717, 1.165) is 16.9 Å². The summed E-state index contributed by atoms with van der Waals surface area (Å²) in [6.45, 7) is 4.75. The molecule has 0 saturated heterocycles. The number of urea groups is 1. The number of hydrogen-bond donors (Lipinski definition) is 2. The van der Waals surface area contributed by atoms with Gasteiger partial charge in [0.1, 0.15) is 0 Å². The van der Waals surface area contributed by atoms with E-state index in [1.807, 2.05) is 36.1 Å². The van der Waals surface area contributed by atoms with Crippen molar-refractivity contribution < 1.29 is 14.4 Å². The Hall–Kier alpha value is -4.92. The number of rotatable bonds is 7. The van der Waals surface area contributed by atoms with E-state index in [9.17, 15) is 14.4 Å². The number of aryl methyl sites for hydroxylation is 1. The third-order valence-electron chi connectivity index (χ3n) is 5.37. The second-order valence-electron chi connectivity index (χ2n) is 8.09. The van der Waals surface area contributed by atoms with Crippen LogP contribution in [0.2, 0.25) is 0 Å². The van der Waals surface area contributed by atoms with Crippen LogP contribution in [0.4, 0.5) is 33.5 Å². The number of carbonyl (C=O) groups is 3. The first-order chi connectivity index (χ1) is 17.3. The van der Waals surface area contributed by atoms with Gasteiger partial charge in [-0.2, -0.15) is 0 Å². The van der Waals surface area contributed by atoms with Gasteiger partial charge >= 0.3 is 6.03 Å². The van der Waals surface area contributed by atoms with Crippen LogP contribution < -0.4 is 15.5 Å². The third-order valence-corrected chi connectivity index (χ3v) is 5.37. The van der Waals surface area contributed by atoms with Crippen molar-refractivity contribution in [2.24, 2.45) is 0 Å². The summed E-state index contributed by atoms with van der Waals surface area (Å²) < 4.78 is 0. The fraction of sp³-hybridized carbons (Fsp3) is 0.111. The standard InChI is InChI=1S/C27H24N6O3/c1-17-7-8-22(31-27(36)32-23-13-20(18(2)34)12-21(14-23)19(3)35)15-25(17)33(24-6-4-9-28-16-24)26-29-10-5-11-30-26/h4-16H,1-3H3,(H2,31,32,36). The van der Waals surface area contributed by atoms with Gasteiger partial charge in [-0.1, -0.05) is 6.07 Å². The molecule has 0 bridgehead atoms. The number of pyridine rings is 1. The Morgan fingerprint density at radius 3 is 2.06 bits per heavy atom. The van der Waals surface area contributed by atoms with Gasteiger partial charge < -0.3 is 10.6 Å². The molecule has 0 spiro atoms. The molecule has 9 heteroatoms. The molecule has 0 aliphatic rings. The van der Waals surface area contributed by atoms with E-state index in [-0.39, 0.29) is 11.6 Å². The molecule has 4 rings (SSSR count). The van der Waals surface area contributed by atoms with E-state index < -0.39 is 6.03 Å². The van der Waals surface area contributed by atoms with E-state index in [2.05, 4.69) is 25.6 Å². The number of nitrogens with one attached hydrogen (secondary N) is 2. The molecule has 0 unspecified atom stereocenters. The van der Waals surface area contributed by atoms with Crippen molar-refractivity contribution in [1.29, 1.82) is 0 Å². The van der Waals surface area contributed by atoms with Crippen molar-refractivity contribution in [3.63, 3.8) is 0 Å². The Kier molecular flexibility index (Phi) is 7.10. The van der Waals surface area contributed by atoms with Crippen LogP contribution in [0.5, 0.6) is 0 Å². The van der Waals surface area contributed by atoms with Gasteiger partial charge in [0.25, 0.3) is 0 Å². The maximum absolute atomic E-state index is 12.8. The first-order valence-corrected chi connectivity index (χ1v) is 11.1. The number of benzene rings is 2. The molecule has 180 valence electrons. The summed E-state index contributed by atoms with van der Waals surface area (Å²) in [5.41, 5.74) is 3.98. The molecule has 0 aliphatic heterocycles. The highest BCUT2D eigenvalue weighted by molar-refractivity contribution is 6.04. The number of nitrogens with zero attached hydrogens (tertiary/aromatic N) is 4. The van der Waals surface area contributed by atoms with Gasteiger partial charge in [0.15, 0.2) is 11.6 Å². The summed E-state index contributed by atoms with van der Waals surface area (Å²) >= 11 is 0. The average molecular weight is 481 g/mol. The molecule has 2 N–H and O–H groups in total. The van der Waals surface area contributed by atoms with E-state index in [1.54, 1.807) is 36.9 Å². The van der Waals surface area contributed by atoms with Crippen LogP contribution in [0.15, 0.2) is 79.4 Å². The van der Waals surface area contributed by atoms with Gasteiger partial charge in [-0.15, -0.1) is 0 Å². The van der Waals surface area contributed by atoms with Crippen molar-refractivity contribution in [3.8, 4) is 0 Å². The van der Waals surface area contributed by atoms with Crippen LogP contribution in [-0.4, -0.2) is 32.5 Å². The molecular weight excluding hydrogens is 456 g/mol. The molecule has 2 aromatic heterocycles. The molecule has 2 aromatic carbocycles. The largest absolute Gasteiger partial charge is 0.323 e. The lowest BCUT2D eigenvalue weighted by molar-refractivity contribution is 0.101. The Morgan fingerprint density at radius 2 is 1.44 bits per heavy atom. The Bertz CT molecular complexity index is 1350. The number of Topliss-reactive ketones (excluding diaryl/α,β-unsaturated/α-hetero) is 2. The van der Waals surface area contributed by atoms with E-state index in [4.69, 9.17) is 0 Å². The number of anilines is 5. The summed E-state index contributed by atoms with van der Waals surface area (Å²) in [5.74, 6) is 0.0414. The number of aromatic nitrogens is 3.